The van der Waals surface area contributed by atoms with Crippen LogP contribution in [-0.2, 0) is 11.3 Å². The molecule has 3 N–H and O–H groups in total. The topological polar surface area (TPSA) is 85.7 Å². The molecule has 100 valence electrons. The van der Waals surface area contributed by atoms with Crippen molar-refractivity contribution in [2.24, 2.45) is 10.8 Å². The Kier molecular flexibility index (Phi) is 4.72. The van der Waals surface area contributed by atoms with Crippen molar-refractivity contribution in [2.75, 3.05) is 7.11 Å². The Morgan fingerprint density at radius 3 is 3.00 bits per heavy atom. The van der Waals surface area contributed by atoms with Gasteiger partial charge in [0.05, 0.1) is 6.04 Å². The summed E-state index contributed by atoms with van der Waals surface area (Å²) in [5.41, 5.74) is 3.24. The van der Waals surface area contributed by atoms with Gasteiger partial charge in [0.15, 0.2) is 11.6 Å². The summed E-state index contributed by atoms with van der Waals surface area (Å²) >= 11 is 0. The van der Waals surface area contributed by atoms with Crippen molar-refractivity contribution in [1.29, 1.82) is 0 Å². The minimum Gasteiger partial charge on any atom is -0.377 e. The molecule has 1 aliphatic rings. The van der Waals surface area contributed by atoms with Crippen molar-refractivity contribution in [3.05, 3.63) is 17.5 Å². The first-order valence-electron chi connectivity index (χ1n) is 6.33. The van der Waals surface area contributed by atoms with E-state index in [4.69, 9.17) is 15.1 Å². The molecule has 1 aromatic heterocycles. The average Bonchev–Trinajstić information content (AvgIpc) is 2.86. The van der Waals surface area contributed by atoms with Gasteiger partial charge < -0.3 is 14.7 Å². The van der Waals surface area contributed by atoms with Gasteiger partial charge in [0, 0.05) is 13.2 Å². The van der Waals surface area contributed by atoms with Crippen LogP contribution in [0.2, 0.25) is 0 Å². The number of nitrogens with two attached hydrogens (primary N) is 1. The molecule has 0 unspecified atom stereocenters. The predicted octanol–water partition coefficient (Wildman–Crippen LogP) is 1.36. The van der Waals surface area contributed by atoms with Gasteiger partial charge in [-0.2, -0.15) is 0 Å². The first-order chi connectivity index (χ1) is 8.83. The Morgan fingerprint density at radius 1 is 1.56 bits per heavy atom. The molecular formula is C12H20N4O2. The molecule has 0 aliphatic heterocycles. The molecule has 0 radical (unpaired) electrons. The fraction of sp³-hybridized carbons (Fsp3) is 0.667. The average molecular weight is 252 g/mol. The number of ether oxygens (including phenoxy) is 1. The predicted molar refractivity (Wildman–Crippen MR) is 67.9 cm³/mol. The van der Waals surface area contributed by atoms with Crippen LogP contribution in [0.5, 0.6) is 0 Å². The van der Waals surface area contributed by atoms with Crippen LogP contribution in [0.3, 0.4) is 0 Å². The molecule has 0 bridgehead atoms. The zero-order chi connectivity index (χ0) is 12.8. The summed E-state index contributed by atoms with van der Waals surface area (Å²) < 4.78 is 10.1. The van der Waals surface area contributed by atoms with Crippen molar-refractivity contribution in [3.63, 3.8) is 0 Å². The number of hydrogen-bond donors (Lipinski definition) is 2. The molecule has 2 rings (SSSR count). The number of rotatable bonds is 4. The van der Waals surface area contributed by atoms with Crippen LogP contribution < -0.4 is 11.3 Å². The van der Waals surface area contributed by atoms with E-state index < -0.39 is 0 Å². The summed E-state index contributed by atoms with van der Waals surface area (Å²) in [7, 11) is 1.61. The van der Waals surface area contributed by atoms with Gasteiger partial charge in [0.2, 0.25) is 0 Å². The van der Waals surface area contributed by atoms with Gasteiger partial charge in [-0.25, -0.2) is 5.84 Å². The van der Waals surface area contributed by atoms with E-state index in [-0.39, 0.29) is 0 Å². The van der Waals surface area contributed by atoms with Crippen LogP contribution in [-0.4, -0.2) is 24.1 Å². The third-order valence-electron chi connectivity index (χ3n) is 3.11. The van der Waals surface area contributed by atoms with Crippen LogP contribution in [0, 0.1) is 0 Å². The number of hydrazine groups is 1. The lowest BCUT2D eigenvalue weighted by Gasteiger charge is -2.18. The number of hydrogen-bond acceptors (Lipinski definition) is 5. The zero-order valence-electron chi connectivity index (χ0n) is 10.7. The van der Waals surface area contributed by atoms with Crippen molar-refractivity contribution < 1.29 is 9.26 Å². The number of amidine groups is 1. The number of nitrogens with zero attached hydrogens (tertiary/aromatic N) is 2. The Hall–Kier alpha value is -1.40. The normalized spacial score (nSPS) is 18.0. The molecule has 0 atom stereocenters. The maximum Gasteiger partial charge on any atom is 0.165 e. The molecule has 1 saturated carbocycles. The molecule has 1 heterocycles. The minimum atomic E-state index is 0.340. The lowest BCUT2D eigenvalue weighted by Crippen LogP contribution is -2.33. The Labute approximate surface area is 107 Å². The van der Waals surface area contributed by atoms with Crippen LogP contribution in [0.1, 0.15) is 43.6 Å². The maximum absolute atomic E-state index is 5.51. The van der Waals surface area contributed by atoms with E-state index in [2.05, 4.69) is 15.6 Å². The summed E-state index contributed by atoms with van der Waals surface area (Å²) in [5.74, 6) is 6.77. The van der Waals surface area contributed by atoms with Crippen molar-refractivity contribution in [1.82, 2.24) is 10.6 Å². The SMILES string of the molecule is COCc1cc(C(=NC2CCCCC2)NN)no1. The summed E-state index contributed by atoms with van der Waals surface area (Å²) in [4.78, 5) is 4.61. The van der Waals surface area contributed by atoms with Gasteiger partial charge in [0.25, 0.3) is 0 Å². The standard InChI is InChI=1S/C12H20N4O2/c1-17-8-10-7-11(16-18-10)12(15-13)14-9-5-3-2-4-6-9/h7,9H,2-6,8,13H2,1H3,(H,14,15). The number of aromatic nitrogens is 1. The zero-order valence-corrected chi connectivity index (χ0v) is 10.7. The molecule has 6 heteroatoms. The van der Waals surface area contributed by atoms with Crippen molar-refractivity contribution >= 4 is 5.84 Å². The molecule has 0 spiro atoms. The quantitative estimate of drug-likeness (QED) is 0.366. The molecule has 0 aromatic carbocycles. The van der Waals surface area contributed by atoms with E-state index in [1.807, 2.05) is 0 Å². The molecule has 1 fully saturated rings. The van der Waals surface area contributed by atoms with E-state index >= 15 is 0 Å². The van der Waals surface area contributed by atoms with Gasteiger partial charge >= 0.3 is 0 Å². The second-order valence-electron chi connectivity index (χ2n) is 4.53. The first-order valence-corrected chi connectivity index (χ1v) is 6.33. The third kappa shape index (κ3) is 3.30. The number of methoxy groups -OCH3 is 1. The first kappa shape index (κ1) is 13.0. The van der Waals surface area contributed by atoms with Gasteiger partial charge in [-0.15, -0.1) is 0 Å². The summed E-state index contributed by atoms with van der Waals surface area (Å²) in [6, 6.07) is 2.14. The highest BCUT2D eigenvalue weighted by molar-refractivity contribution is 5.96. The van der Waals surface area contributed by atoms with Crippen molar-refractivity contribution in [2.45, 2.75) is 44.8 Å². The molecule has 1 aromatic rings. The third-order valence-corrected chi connectivity index (χ3v) is 3.11. The molecule has 0 saturated heterocycles. The monoisotopic (exact) mass is 252 g/mol. The fourth-order valence-electron chi connectivity index (χ4n) is 2.20. The Balaban J connectivity index is 2.08. The largest absolute Gasteiger partial charge is 0.377 e. The second-order valence-corrected chi connectivity index (χ2v) is 4.53. The van der Waals surface area contributed by atoms with E-state index in [9.17, 15) is 0 Å². The molecule has 0 amide bonds. The van der Waals surface area contributed by atoms with E-state index in [0.717, 1.165) is 12.8 Å². The van der Waals surface area contributed by atoms with Gasteiger partial charge in [-0.05, 0) is 12.8 Å². The summed E-state index contributed by atoms with van der Waals surface area (Å²) in [6.45, 7) is 0.397. The van der Waals surface area contributed by atoms with Crippen molar-refractivity contribution in [3.8, 4) is 0 Å². The molecular weight excluding hydrogens is 232 g/mol. The van der Waals surface area contributed by atoms with E-state index in [1.165, 1.54) is 19.3 Å². The number of nitrogens with one attached hydrogen (secondary N) is 1. The van der Waals surface area contributed by atoms with E-state index in [1.54, 1.807) is 13.2 Å². The van der Waals surface area contributed by atoms with Crippen LogP contribution in [0.4, 0.5) is 0 Å². The smallest absolute Gasteiger partial charge is 0.165 e. The highest BCUT2D eigenvalue weighted by Crippen LogP contribution is 2.20. The van der Waals surface area contributed by atoms with Gasteiger partial charge in [-0.3, -0.25) is 4.99 Å². The van der Waals surface area contributed by atoms with Gasteiger partial charge in [0.1, 0.15) is 12.3 Å². The summed E-state index contributed by atoms with van der Waals surface area (Å²) in [5, 5.41) is 3.94. The van der Waals surface area contributed by atoms with Crippen LogP contribution >= 0.6 is 0 Å². The second kappa shape index (κ2) is 6.51. The lowest BCUT2D eigenvalue weighted by molar-refractivity contribution is 0.156. The Bertz CT molecular complexity index is 397. The molecule has 18 heavy (non-hydrogen) atoms. The maximum atomic E-state index is 5.51. The Morgan fingerprint density at radius 2 is 2.33 bits per heavy atom. The minimum absolute atomic E-state index is 0.340. The number of aliphatic imine (C=N–C) groups is 1. The lowest BCUT2D eigenvalue weighted by atomic mass is 9.96. The van der Waals surface area contributed by atoms with Crippen LogP contribution in [0.25, 0.3) is 0 Å². The summed E-state index contributed by atoms with van der Waals surface area (Å²) in [6.07, 6.45) is 6.01. The highest BCUT2D eigenvalue weighted by Gasteiger charge is 2.15. The van der Waals surface area contributed by atoms with Crippen LogP contribution in [0.15, 0.2) is 15.6 Å². The molecule has 6 nitrogen and oxygen atoms in total. The fourth-order valence-corrected chi connectivity index (χ4v) is 2.20. The van der Waals surface area contributed by atoms with Gasteiger partial charge in [-0.1, -0.05) is 24.4 Å². The van der Waals surface area contributed by atoms with E-state index in [0.29, 0.717) is 29.9 Å². The highest BCUT2D eigenvalue weighted by atomic mass is 16.5. The molecule has 1 aliphatic carbocycles.